The highest BCUT2D eigenvalue weighted by Crippen LogP contribution is 2.24. The number of sulfonamides is 1. The first-order chi connectivity index (χ1) is 10.9. The average molecular weight is 480 g/mol. The fourth-order valence-electron chi connectivity index (χ4n) is 2.54. The zero-order valence-electron chi connectivity index (χ0n) is 12.3. The van der Waals surface area contributed by atoms with Gasteiger partial charge in [-0.15, -0.1) is 11.3 Å². The molecule has 1 aliphatic heterocycles. The van der Waals surface area contributed by atoms with Crippen LogP contribution in [0.2, 0.25) is 0 Å². The van der Waals surface area contributed by atoms with Gasteiger partial charge in [-0.2, -0.15) is 4.31 Å². The Bertz CT molecular complexity index is 767. The van der Waals surface area contributed by atoms with Gasteiger partial charge in [-0.05, 0) is 52.3 Å². The molecule has 0 amide bonds. The molecule has 124 valence electrons. The van der Waals surface area contributed by atoms with Gasteiger partial charge in [-0.25, -0.2) is 8.42 Å². The molecule has 0 bridgehead atoms. The van der Waals surface area contributed by atoms with Gasteiger partial charge in [0.1, 0.15) is 0 Å². The van der Waals surface area contributed by atoms with E-state index in [9.17, 15) is 8.42 Å². The second-order valence-corrected chi connectivity index (χ2v) is 10.7. The second kappa shape index (κ2) is 7.33. The maximum absolute atomic E-state index is 12.7. The van der Waals surface area contributed by atoms with Crippen LogP contribution in [0.1, 0.15) is 4.88 Å². The summed E-state index contributed by atoms with van der Waals surface area (Å²) in [5.41, 5.74) is 0. The van der Waals surface area contributed by atoms with Crippen LogP contribution in [-0.4, -0.2) is 43.8 Å². The van der Waals surface area contributed by atoms with Crippen molar-refractivity contribution in [2.24, 2.45) is 0 Å². The summed E-state index contributed by atoms with van der Waals surface area (Å²) in [6, 6.07) is 11.0. The number of hydrogen-bond acceptors (Lipinski definition) is 4. The SMILES string of the molecule is O=S(=O)(c1ccc(Br)cc1)N1CCN(Cc2ccc(Br)s2)CC1. The minimum atomic E-state index is -3.39. The summed E-state index contributed by atoms with van der Waals surface area (Å²) in [6.45, 7) is 3.45. The third kappa shape index (κ3) is 4.24. The molecule has 0 spiro atoms. The van der Waals surface area contributed by atoms with Gasteiger partial charge in [0.2, 0.25) is 10.0 Å². The minimum absolute atomic E-state index is 0.358. The first-order valence-electron chi connectivity index (χ1n) is 7.17. The highest BCUT2D eigenvalue weighted by atomic mass is 79.9. The number of thiophene rings is 1. The van der Waals surface area contributed by atoms with Crippen LogP contribution in [0.25, 0.3) is 0 Å². The minimum Gasteiger partial charge on any atom is -0.296 e. The molecule has 4 nitrogen and oxygen atoms in total. The van der Waals surface area contributed by atoms with Crippen LogP contribution in [0.15, 0.2) is 49.6 Å². The predicted octanol–water partition coefficient (Wildman–Crippen LogP) is 3.78. The molecular formula is C15H16Br2N2O2S2. The zero-order valence-corrected chi connectivity index (χ0v) is 17.1. The number of piperazine rings is 1. The lowest BCUT2D eigenvalue weighted by molar-refractivity contribution is 0.183. The van der Waals surface area contributed by atoms with Gasteiger partial charge in [0.15, 0.2) is 0 Å². The van der Waals surface area contributed by atoms with Crippen LogP contribution < -0.4 is 0 Å². The molecule has 2 heterocycles. The Morgan fingerprint density at radius 1 is 0.957 bits per heavy atom. The standard InChI is InChI=1S/C15H16Br2N2O2S2/c16-12-1-4-14(5-2-12)23(20,21)19-9-7-18(8-10-19)11-13-3-6-15(17)22-13/h1-6H,7-11H2. The summed E-state index contributed by atoms with van der Waals surface area (Å²) in [6.07, 6.45) is 0. The van der Waals surface area contributed by atoms with Crippen LogP contribution in [0.4, 0.5) is 0 Å². The number of benzene rings is 1. The molecule has 23 heavy (non-hydrogen) atoms. The fraction of sp³-hybridized carbons (Fsp3) is 0.333. The van der Waals surface area contributed by atoms with Crippen molar-refractivity contribution in [1.29, 1.82) is 0 Å². The Morgan fingerprint density at radius 3 is 2.17 bits per heavy atom. The molecule has 0 radical (unpaired) electrons. The van der Waals surface area contributed by atoms with Crippen molar-refractivity contribution in [3.05, 3.63) is 49.5 Å². The van der Waals surface area contributed by atoms with Gasteiger partial charge in [-0.3, -0.25) is 4.90 Å². The van der Waals surface area contributed by atoms with Gasteiger partial charge >= 0.3 is 0 Å². The monoisotopic (exact) mass is 478 g/mol. The number of halogens is 2. The lowest BCUT2D eigenvalue weighted by Gasteiger charge is -2.33. The molecule has 1 aromatic heterocycles. The van der Waals surface area contributed by atoms with E-state index in [-0.39, 0.29) is 0 Å². The highest BCUT2D eigenvalue weighted by Gasteiger charge is 2.28. The van der Waals surface area contributed by atoms with E-state index in [0.717, 1.165) is 27.9 Å². The molecule has 1 fully saturated rings. The van der Waals surface area contributed by atoms with Crippen molar-refractivity contribution < 1.29 is 8.42 Å². The first-order valence-corrected chi connectivity index (χ1v) is 11.0. The number of hydrogen-bond donors (Lipinski definition) is 0. The number of rotatable bonds is 4. The van der Waals surface area contributed by atoms with Crippen molar-refractivity contribution in [3.8, 4) is 0 Å². The van der Waals surface area contributed by atoms with E-state index in [0.29, 0.717) is 18.0 Å². The van der Waals surface area contributed by atoms with Gasteiger partial charge in [0, 0.05) is 42.1 Å². The Hall–Kier alpha value is -0.250. The Labute approximate surface area is 157 Å². The van der Waals surface area contributed by atoms with Crippen LogP contribution in [0.3, 0.4) is 0 Å². The molecule has 0 aliphatic carbocycles. The van der Waals surface area contributed by atoms with E-state index in [2.05, 4.69) is 42.8 Å². The van der Waals surface area contributed by atoms with Gasteiger partial charge in [0.05, 0.1) is 8.68 Å². The van der Waals surface area contributed by atoms with E-state index in [1.165, 1.54) is 4.88 Å². The molecule has 0 N–H and O–H groups in total. The topological polar surface area (TPSA) is 40.6 Å². The van der Waals surface area contributed by atoms with Gasteiger partial charge in [-0.1, -0.05) is 15.9 Å². The van der Waals surface area contributed by atoms with Crippen LogP contribution >= 0.6 is 43.2 Å². The summed E-state index contributed by atoms with van der Waals surface area (Å²) in [4.78, 5) is 3.95. The van der Waals surface area contributed by atoms with Crippen molar-refractivity contribution in [3.63, 3.8) is 0 Å². The highest BCUT2D eigenvalue weighted by molar-refractivity contribution is 9.11. The molecule has 8 heteroatoms. The smallest absolute Gasteiger partial charge is 0.243 e. The first kappa shape index (κ1) is 17.6. The maximum Gasteiger partial charge on any atom is 0.243 e. The molecule has 3 rings (SSSR count). The average Bonchev–Trinajstić information content (AvgIpc) is 2.93. The summed E-state index contributed by atoms with van der Waals surface area (Å²) in [5.74, 6) is 0. The summed E-state index contributed by atoms with van der Waals surface area (Å²) in [7, 11) is -3.39. The van der Waals surface area contributed by atoms with Gasteiger partial charge < -0.3 is 0 Å². The van der Waals surface area contributed by atoms with Crippen LogP contribution in [-0.2, 0) is 16.6 Å². The Morgan fingerprint density at radius 2 is 1.61 bits per heavy atom. The second-order valence-electron chi connectivity index (χ2n) is 5.34. The summed E-state index contributed by atoms with van der Waals surface area (Å²) < 4.78 is 28.9. The molecular weight excluding hydrogens is 464 g/mol. The quantitative estimate of drug-likeness (QED) is 0.669. The van der Waals surface area contributed by atoms with Crippen molar-refractivity contribution in [2.45, 2.75) is 11.4 Å². The third-order valence-corrected chi connectivity index (χ3v) is 7.84. The van der Waals surface area contributed by atoms with E-state index in [1.54, 1.807) is 39.9 Å². The molecule has 0 atom stereocenters. The van der Waals surface area contributed by atoms with E-state index < -0.39 is 10.0 Å². The van der Waals surface area contributed by atoms with E-state index in [4.69, 9.17) is 0 Å². The van der Waals surface area contributed by atoms with Gasteiger partial charge in [0.25, 0.3) is 0 Å². The number of nitrogens with zero attached hydrogens (tertiary/aromatic N) is 2. The molecule has 2 aromatic rings. The normalized spacial score (nSPS) is 17.5. The Balaban J connectivity index is 1.62. The molecule has 1 aromatic carbocycles. The molecule has 0 unspecified atom stereocenters. The zero-order chi connectivity index (χ0) is 16.4. The van der Waals surface area contributed by atoms with Crippen LogP contribution in [0.5, 0.6) is 0 Å². The maximum atomic E-state index is 12.7. The largest absolute Gasteiger partial charge is 0.296 e. The Kier molecular flexibility index (Phi) is 5.60. The summed E-state index contributed by atoms with van der Waals surface area (Å²) >= 11 is 8.53. The van der Waals surface area contributed by atoms with Crippen molar-refractivity contribution >= 4 is 53.2 Å². The van der Waals surface area contributed by atoms with E-state index >= 15 is 0 Å². The molecule has 1 aliphatic rings. The van der Waals surface area contributed by atoms with Crippen molar-refractivity contribution in [2.75, 3.05) is 26.2 Å². The van der Waals surface area contributed by atoms with Crippen molar-refractivity contribution in [1.82, 2.24) is 9.21 Å². The lowest BCUT2D eigenvalue weighted by atomic mass is 10.3. The molecule has 1 saturated heterocycles. The lowest BCUT2D eigenvalue weighted by Crippen LogP contribution is -2.48. The molecule has 0 saturated carbocycles. The van der Waals surface area contributed by atoms with E-state index in [1.807, 2.05) is 6.07 Å². The predicted molar refractivity (Wildman–Crippen MR) is 100 cm³/mol. The third-order valence-electron chi connectivity index (χ3n) is 3.79. The summed E-state index contributed by atoms with van der Waals surface area (Å²) in [5, 5.41) is 0. The van der Waals surface area contributed by atoms with Crippen LogP contribution in [0, 0.1) is 0 Å². The fourth-order valence-corrected chi connectivity index (χ4v) is 5.75.